The molecule has 0 saturated heterocycles. The first kappa shape index (κ1) is 21.3. The second-order valence-corrected chi connectivity index (χ2v) is 6.91. The number of hydrogen-bond acceptors (Lipinski definition) is 5. The number of aromatic nitrogens is 4. The van der Waals surface area contributed by atoms with Crippen LogP contribution in [0.1, 0.15) is 34.7 Å². The molecule has 0 fully saturated rings. The summed E-state index contributed by atoms with van der Waals surface area (Å²) in [6.07, 6.45) is -4.44. The summed E-state index contributed by atoms with van der Waals surface area (Å²) in [5.41, 5.74) is 1.93. The molecule has 3 aromatic rings. The van der Waals surface area contributed by atoms with Crippen molar-refractivity contribution in [3.8, 4) is 5.69 Å². The lowest BCUT2D eigenvalue weighted by molar-refractivity contribution is -0.137. The summed E-state index contributed by atoms with van der Waals surface area (Å²) in [4.78, 5) is 17.6. The van der Waals surface area contributed by atoms with Crippen LogP contribution in [0.2, 0.25) is 0 Å². The van der Waals surface area contributed by atoms with E-state index in [1.165, 1.54) is 7.05 Å². The first-order valence-corrected chi connectivity index (χ1v) is 9.01. The normalized spacial score (nSPS) is 12.3. The van der Waals surface area contributed by atoms with Crippen LogP contribution in [0.3, 0.4) is 0 Å². The van der Waals surface area contributed by atoms with Crippen molar-refractivity contribution >= 4 is 5.71 Å². The van der Waals surface area contributed by atoms with E-state index in [-0.39, 0.29) is 6.61 Å². The molecule has 0 atom stereocenters. The van der Waals surface area contributed by atoms with E-state index in [2.05, 4.69) is 15.6 Å². The van der Waals surface area contributed by atoms with Crippen molar-refractivity contribution in [3.63, 3.8) is 0 Å². The Hall–Kier alpha value is -3.43. The van der Waals surface area contributed by atoms with Crippen molar-refractivity contribution in [2.45, 2.75) is 33.6 Å². The molecule has 0 amide bonds. The smallest absolute Gasteiger partial charge is 0.391 e. The Balaban J connectivity index is 1.87. The average molecular weight is 419 g/mol. The third-order valence-corrected chi connectivity index (χ3v) is 4.57. The summed E-state index contributed by atoms with van der Waals surface area (Å²) >= 11 is 0. The maximum atomic E-state index is 13.1. The summed E-state index contributed by atoms with van der Waals surface area (Å²) < 4.78 is 41.4. The van der Waals surface area contributed by atoms with E-state index in [0.29, 0.717) is 28.1 Å². The van der Waals surface area contributed by atoms with Crippen molar-refractivity contribution in [1.82, 2.24) is 19.8 Å². The molecule has 3 rings (SSSR count). The fourth-order valence-corrected chi connectivity index (χ4v) is 2.94. The van der Waals surface area contributed by atoms with E-state index in [1.807, 2.05) is 13.0 Å². The molecule has 0 spiro atoms. The molecule has 0 N–H and O–H groups in total. The van der Waals surface area contributed by atoms with Crippen molar-refractivity contribution in [2.24, 2.45) is 12.2 Å². The predicted octanol–water partition coefficient (Wildman–Crippen LogP) is 3.54. The predicted molar refractivity (Wildman–Crippen MR) is 105 cm³/mol. The Bertz CT molecular complexity index is 1160. The molecule has 0 radical (unpaired) electrons. The van der Waals surface area contributed by atoms with Crippen LogP contribution in [0, 0.1) is 13.8 Å². The van der Waals surface area contributed by atoms with E-state index in [1.54, 1.807) is 32.0 Å². The molecule has 0 bridgehead atoms. The maximum Gasteiger partial charge on any atom is 0.416 e. The Morgan fingerprint density at radius 3 is 2.53 bits per heavy atom. The second-order valence-electron chi connectivity index (χ2n) is 6.91. The van der Waals surface area contributed by atoms with Gasteiger partial charge in [-0.2, -0.15) is 22.5 Å². The Kier molecular flexibility index (Phi) is 5.77. The third-order valence-electron chi connectivity index (χ3n) is 4.57. The minimum Gasteiger partial charge on any atom is -0.391 e. The molecule has 1 aromatic heterocycles. The van der Waals surface area contributed by atoms with E-state index in [9.17, 15) is 18.0 Å². The van der Waals surface area contributed by atoms with E-state index in [4.69, 9.17) is 4.84 Å². The molecule has 0 unspecified atom stereocenters. The fraction of sp³-hybridized carbons (Fsp3) is 0.300. The van der Waals surface area contributed by atoms with Crippen LogP contribution in [-0.4, -0.2) is 25.5 Å². The lowest BCUT2D eigenvalue weighted by atomic mass is 10.0. The van der Waals surface area contributed by atoms with E-state index >= 15 is 0 Å². The molecule has 0 aliphatic carbocycles. The minimum atomic E-state index is -4.44. The van der Waals surface area contributed by atoms with Crippen LogP contribution in [0.5, 0.6) is 0 Å². The van der Waals surface area contributed by atoms with E-state index < -0.39 is 17.4 Å². The van der Waals surface area contributed by atoms with Gasteiger partial charge in [-0.1, -0.05) is 23.4 Å². The van der Waals surface area contributed by atoms with E-state index in [0.717, 1.165) is 27.1 Å². The summed E-state index contributed by atoms with van der Waals surface area (Å²) in [6.45, 7) is 5.00. The highest BCUT2D eigenvalue weighted by molar-refractivity contribution is 5.98. The van der Waals surface area contributed by atoms with Gasteiger partial charge in [-0.3, -0.25) is 0 Å². The zero-order valence-corrected chi connectivity index (χ0v) is 16.9. The van der Waals surface area contributed by atoms with Gasteiger partial charge in [-0.15, -0.1) is 0 Å². The van der Waals surface area contributed by atoms with Crippen LogP contribution >= 0.6 is 0 Å². The van der Waals surface area contributed by atoms with Gasteiger partial charge < -0.3 is 4.84 Å². The van der Waals surface area contributed by atoms with Gasteiger partial charge in [0.25, 0.3) is 0 Å². The lowest BCUT2D eigenvalue weighted by Gasteiger charge is -2.12. The van der Waals surface area contributed by atoms with Crippen molar-refractivity contribution < 1.29 is 18.0 Å². The number of aryl methyl sites for hydroxylation is 3. The van der Waals surface area contributed by atoms with Crippen LogP contribution in [-0.2, 0) is 24.7 Å². The molecule has 10 heteroatoms. The highest BCUT2D eigenvalue weighted by Crippen LogP contribution is 2.30. The molecule has 7 nitrogen and oxygen atoms in total. The zero-order chi connectivity index (χ0) is 22.1. The van der Waals surface area contributed by atoms with Crippen LogP contribution in [0.4, 0.5) is 13.2 Å². The highest BCUT2D eigenvalue weighted by Gasteiger charge is 2.31. The number of hydrogen-bond donors (Lipinski definition) is 0. The van der Waals surface area contributed by atoms with Gasteiger partial charge in [-0.05, 0) is 66.1 Å². The topological polar surface area (TPSA) is 74.3 Å². The first-order valence-electron chi connectivity index (χ1n) is 9.01. The molecular formula is C20H20F3N5O2. The second kappa shape index (κ2) is 8.13. The van der Waals surface area contributed by atoms with Gasteiger partial charge in [0.1, 0.15) is 6.61 Å². The van der Waals surface area contributed by atoms with Crippen molar-refractivity contribution in [1.29, 1.82) is 0 Å². The lowest BCUT2D eigenvalue weighted by Crippen LogP contribution is -2.23. The SMILES string of the molecule is CC(=NOCc1c(C)cccc1-n1nnn(C)c1=O)c1cc(C)cc(C(F)(F)F)c1. The first-order chi connectivity index (χ1) is 14.1. The Morgan fingerprint density at radius 2 is 1.90 bits per heavy atom. The summed E-state index contributed by atoms with van der Waals surface area (Å²) in [7, 11) is 1.49. The molecule has 2 aromatic carbocycles. The molecule has 1 heterocycles. The number of benzene rings is 2. The molecular weight excluding hydrogens is 399 g/mol. The standard InChI is InChI=1S/C20H20F3N5O2/c1-12-8-15(10-16(9-12)20(21,22)23)14(3)24-30-11-17-13(2)6-5-7-18(17)28-19(29)27(4)25-26-28/h5-10H,11H2,1-4H3. The average Bonchev–Trinajstić information content (AvgIpc) is 3.00. The number of alkyl halides is 3. The number of rotatable bonds is 5. The van der Waals surface area contributed by atoms with Crippen LogP contribution < -0.4 is 5.69 Å². The molecule has 0 aliphatic rings. The molecule has 0 aliphatic heterocycles. The molecule has 30 heavy (non-hydrogen) atoms. The van der Waals surface area contributed by atoms with Crippen LogP contribution in [0.15, 0.2) is 46.3 Å². The van der Waals surface area contributed by atoms with Gasteiger partial charge in [0.05, 0.1) is 17.0 Å². The minimum absolute atomic E-state index is 0.000302. The highest BCUT2D eigenvalue weighted by atomic mass is 19.4. The zero-order valence-electron chi connectivity index (χ0n) is 16.9. The largest absolute Gasteiger partial charge is 0.416 e. The van der Waals surface area contributed by atoms with Gasteiger partial charge in [-0.25, -0.2) is 4.79 Å². The number of nitrogens with zero attached hydrogens (tertiary/aromatic N) is 5. The Morgan fingerprint density at radius 1 is 1.17 bits per heavy atom. The number of halogens is 3. The molecule has 158 valence electrons. The fourth-order valence-electron chi connectivity index (χ4n) is 2.94. The monoisotopic (exact) mass is 419 g/mol. The van der Waals surface area contributed by atoms with Crippen molar-refractivity contribution in [2.75, 3.05) is 0 Å². The Labute approximate surface area is 170 Å². The third kappa shape index (κ3) is 4.42. The van der Waals surface area contributed by atoms with Gasteiger partial charge in [0.2, 0.25) is 0 Å². The van der Waals surface area contributed by atoms with Gasteiger partial charge in [0, 0.05) is 12.6 Å². The van der Waals surface area contributed by atoms with Gasteiger partial charge >= 0.3 is 11.9 Å². The summed E-state index contributed by atoms with van der Waals surface area (Å²) in [5, 5.41) is 11.5. The van der Waals surface area contributed by atoms with Gasteiger partial charge in [0.15, 0.2) is 0 Å². The van der Waals surface area contributed by atoms with Crippen molar-refractivity contribution in [3.05, 3.63) is 74.7 Å². The number of oxime groups is 1. The summed E-state index contributed by atoms with van der Waals surface area (Å²) in [6, 6.07) is 9.04. The number of tetrazole rings is 1. The molecule has 0 saturated carbocycles. The maximum absolute atomic E-state index is 13.1. The summed E-state index contributed by atoms with van der Waals surface area (Å²) in [5.74, 6) is 0. The quantitative estimate of drug-likeness (QED) is 0.468. The van der Waals surface area contributed by atoms with Crippen LogP contribution in [0.25, 0.3) is 5.69 Å².